The van der Waals surface area contributed by atoms with Crippen LogP contribution in [0.15, 0.2) is 23.1 Å². The summed E-state index contributed by atoms with van der Waals surface area (Å²) in [6.07, 6.45) is 1.44. The van der Waals surface area contributed by atoms with Crippen molar-refractivity contribution in [2.24, 2.45) is 0 Å². The molecule has 1 aliphatic rings. The molecule has 1 atom stereocenters. The number of hydrogen-bond acceptors (Lipinski definition) is 5. The molecule has 7 heteroatoms. The number of benzene rings is 1. The van der Waals surface area contributed by atoms with Crippen molar-refractivity contribution in [3.05, 3.63) is 18.2 Å². The average Bonchev–Trinajstić information content (AvgIpc) is 2.87. The van der Waals surface area contributed by atoms with Gasteiger partial charge in [0.25, 0.3) is 0 Å². The molecule has 0 radical (unpaired) electrons. The summed E-state index contributed by atoms with van der Waals surface area (Å²) in [7, 11) is -2.14. The fourth-order valence-corrected chi connectivity index (χ4v) is 4.04. The number of aliphatic hydroxyl groups is 1. The summed E-state index contributed by atoms with van der Waals surface area (Å²) in [5, 5.41) is 9.23. The average molecular weight is 286 g/mol. The molecular weight excluding hydrogens is 268 g/mol. The third-order valence-electron chi connectivity index (χ3n) is 3.34. The van der Waals surface area contributed by atoms with Crippen LogP contribution in [0.5, 0.6) is 5.75 Å². The Morgan fingerprint density at radius 1 is 1.53 bits per heavy atom. The van der Waals surface area contributed by atoms with E-state index in [4.69, 9.17) is 10.5 Å². The Morgan fingerprint density at radius 3 is 2.84 bits per heavy atom. The number of nitrogen functional groups attached to an aromatic ring is 1. The Labute approximate surface area is 112 Å². The normalized spacial score (nSPS) is 20.6. The molecule has 0 saturated carbocycles. The summed E-state index contributed by atoms with van der Waals surface area (Å²) >= 11 is 0. The van der Waals surface area contributed by atoms with Gasteiger partial charge in [0.15, 0.2) is 0 Å². The van der Waals surface area contributed by atoms with E-state index in [2.05, 4.69) is 0 Å². The predicted octanol–water partition coefficient (Wildman–Crippen LogP) is 0.423. The fraction of sp³-hybridized carbons (Fsp3) is 0.500. The Bertz CT molecular complexity index is 559. The summed E-state index contributed by atoms with van der Waals surface area (Å²) in [5.41, 5.74) is 6.02. The van der Waals surface area contributed by atoms with Crippen LogP contribution in [0.3, 0.4) is 0 Å². The van der Waals surface area contributed by atoms with E-state index in [1.807, 2.05) is 0 Å². The van der Waals surface area contributed by atoms with Crippen molar-refractivity contribution in [1.29, 1.82) is 0 Å². The molecule has 0 spiro atoms. The molecule has 1 fully saturated rings. The van der Waals surface area contributed by atoms with Gasteiger partial charge in [0.2, 0.25) is 10.0 Å². The first-order chi connectivity index (χ1) is 9.00. The molecule has 19 heavy (non-hydrogen) atoms. The lowest BCUT2D eigenvalue weighted by atomic mass is 10.2. The second-order valence-electron chi connectivity index (χ2n) is 4.50. The van der Waals surface area contributed by atoms with Crippen molar-refractivity contribution in [3.8, 4) is 5.75 Å². The number of nitrogens with zero attached hydrogens (tertiary/aromatic N) is 1. The third kappa shape index (κ3) is 2.54. The minimum atomic E-state index is -3.61. The number of hydrogen-bond donors (Lipinski definition) is 2. The maximum Gasteiger partial charge on any atom is 0.243 e. The number of aliphatic hydroxyl groups excluding tert-OH is 1. The van der Waals surface area contributed by atoms with Gasteiger partial charge in [-0.1, -0.05) is 0 Å². The second-order valence-corrected chi connectivity index (χ2v) is 6.39. The summed E-state index contributed by atoms with van der Waals surface area (Å²) in [5.74, 6) is 0.444. The van der Waals surface area contributed by atoms with Gasteiger partial charge < -0.3 is 15.6 Å². The highest BCUT2D eigenvalue weighted by Crippen LogP contribution is 2.29. The summed E-state index contributed by atoms with van der Waals surface area (Å²) < 4.78 is 31.3. The first kappa shape index (κ1) is 14.1. The van der Waals surface area contributed by atoms with Gasteiger partial charge in [-0.25, -0.2) is 8.42 Å². The smallest absolute Gasteiger partial charge is 0.243 e. The van der Waals surface area contributed by atoms with Crippen LogP contribution < -0.4 is 10.5 Å². The first-order valence-corrected chi connectivity index (χ1v) is 7.51. The highest BCUT2D eigenvalue weighted by molar-refractivity contribution is 7.89. The van der Waals surface area contributed by atoms with Crippen molar-refractivity contribution in [1.82, 2.24) is 4.31 Å². The van der Waals surface area contributed by atoms with Gasteiger partial charge in [-0.2, -0.15) is 4.31 Å². The van der Waals surface area contributed by atoms with Crippen LogP contribution in [0.25, 0.3) is 0 Å². The topological polar surface area (TPSA) is 92.9 Å². The highest BCUT2D eigenvalue weighted by Gasteiger charge is 2.34. The number of rotatable bonds is 4. The maximum atomic E-state index is 12.5. The van der Waals surface area contributed by atoms with Crippen molar-refractivity contribution in [3.63, 3.8) is 0 Å². The zero-order valence-corrected chi connectivity index (χ0v) is 11.6. The van der Waals surface area contributed by atoms with Crippen molar-refractivity contribution >= 4 is 15.7 Å². The lowest BCUT2D eigenvalue weighted by Crippen LogP contribution is -2.37. The standard InChI is InChI=1S/C12H18N2O4S/c1-18-12-5-4-10(7-11(12)13)19(16,17)14-6-2-3-9(14)8-15/h4-5,7,9,15H,2-3,6,8,13H2,1H3. The molecule has 1 heterocycles. The zero-order chi connectivity index (χ0) is 14.0. The molecule has 1 aliphatic heterocycles. The first-order valence-electron chi connectivity index (χ1n) is 6.07. The van der Waals surface area contributed by atoms with Crippen molar-refractivity contribution in [2.45, 2.75) is 23.8 Å². The van der Waals surface area contributed by atoms with Crippen LogP contribution in [0.1, 0.15) is 12.8 Å². The quantitative estimate of drug-likeness (QED) is 0.783. The van der Waals surface area contributed by atoms with Crippen molar-refractivity contribution in [2.75, 3.05) is 26.0 Å². The molecule has 1 unspecified atom stereocenters. The van der Waals surface area contributed by atoms with E-state index in [0.29, 0.717) is 18.7 Å². The second kappa shape index (κ2) is 5.36. The molecule has 0 amide bonds. The van der Waals surface area contributed by atoms with Crippen LogP contribution in [-0.4, -0.2) is 44.1 Å². The minimum Gasteiger partial charge on any atom is -0.495 e. The van der Waals surface area contributed by atoms with Crippen LogP contribution in [-0.2, 0) is 10.0 Å². The van der Waals surface area contributed by atoms with Gasteiger partial charge in [-0.15, -0.1) is 0 Å². The summed E-state index contributed by atoms with van der Waals surface area (Å²) in [6.45, 7) is 0.268. The molecule has 1 aromatic carbocycles. The van der Waals surface area contributed by atoms with Crippen LogP contribution in [0, 0.1) is 0 Å². The summed E-state index contributed by atoms with van der Waals surface area (Å²) in [4.78, 5) is 0.131. The number of sulfonamides is 1. The molecule has 1 saturated heterocycles. The Morgan fingerprint density at radius 2 is 2.26 bits per heavy atom. The Balaban J connectivity index is 2.37. The van der Waals surface area contributed by atoms with Crippen LogP contribution in [0.2, 0.25) is 0 Å². The number of methoxy groups -OCH3 is 1. The molecular formula is C12H18N2O4S. The van der Waals surface area contributed by atoms with E-state index in [1.165, 1.54) is 29.6 Å². The lowest BCUT2D eigenvalue weighted by Gasteiger charge is -2.22. The van der Waals surface area contributed by atoms with Crippen molar-refractivity contribution < 1.29 is 18.3 Å². The molecule has 0 bridgehead atoms. The van der Waals surface area contributed by atoms with Gasteiger partial charge in [-0.05, 0) is 31.0 Å². The third-order valence-corrected chi connectivity index (χ3v) is 5.29. The van der Waals surface area contributed by atoms with E-state index in [9.17, 15) is 13.5 Å². The Hall–Kier alpha value is -1.31. The molecule has 106 valence electrons. The molecule has 0 aliphatic carbocycles. The number of ether oxygens (including phenoxy) is 1. The molecule has 3 N–H and O–H groups in total. The molecule has 6 nitrogen and oxygen atoms in total. The van der Waals surface area contributed by atoms with Gasteiger partial charge in [0, 0.05) is 12.6 Å². The highest BCUT2D eigenvalue weighted by atomic mass is 32.2. The molecule has 1 aromatic rings. The van der Waals surface area contributed by atoms with E-state index >= 15 is 0 Å². The lowest BCUT2D eigenvalue weighted by molar-refractivity contribution is 0.213. The zero-order valence-electron chi connectivity index (χ0n) is 10.7. The predicted molar refractivity (Wildman–Crippen MR) is 71.4 cm³/mol. The van der Waals surface area contributed by atoms with Gasteiger partial charge in [0.05, 0.1) is 24.3 Å². The molecule has 0 aromatic heterocycles. The largest absolute Gasteiger partial charge is 0.495 e. The van der Waals surface area contributed by atoms with E-state index in [1.54, 1.807) is 0 Å². The van der Waals surface area contributed by atoms with Crippen LogP contribution in [0.4, 0.5) is 5.69 Å². The van der Waals surface area contributed by atoms with Gasteiger partial charge >= 0.3 is 0 Å². The van der Waals surface area contributed by atoms with Gasteiger partial charge in [0.1, 0.15) is 5.75 Å². The van der Waals surface area contributed by atoms with E-state index < -0.39 is 10.0 Å². The number of anilines is 1. The fourth-order valence-electron chi connectivity index (χ4n) is 2.32. The SMILES string of the molecule is COc1ccc(S(=O)(=O)N2CCCC2CO)cc1N. The summed E-state index contributed by atoms with van der Waals surface area (Å²) in [6, 6.07) is 4.05. The molecule has 2 rings (SSSR count). The number of nitrogens with two attached hydrogens (primary N) is 1. The van der Waals surface area contributed by atoms with Gasteiger partial charge in [-0.3, -0.25) is 0 Å². The monoisotopic (exact) mass is 286 g/mol. The van der Waals surface area contributed by atoms with E-state index in [-0.39, 0.29) is 23.2 Å². The Kier molecular flexibility index (Phi) is 3.98. The van der Waals surface area contributed by atoms with E-state index in [0.717, 1.165) is 6.42 Å². The maximum absolute atomic E-state index is 12.5. The van der Waals surface area contributed by atoms with Crippen LogP contribution >= 0.6 is 0 Å². The minimum absolute atomic E-state index is 0.131.